The number of carbonyl (C=O) groups excluding carboxylic acids is 1. The first-order chi connectivity index (χ1) is 13.6. The Labute approximate surface area is 172 Å². The molecule has 7 heteroatoms. The van der Waals surface area contributed by atoms with E-state index in [2.05, 4.69) is 13.0 Å². The standard InChI is InChI=1S/C21H17NO4S2/c1-12-6-15-7-13(2-4-16(15)26-12)9-19-20(23)22(21(27)28-19)10-14-3-5-17-18(8-14)25-11-24-17/h2-5,7-9,12H,6,10-11H2,1H3/b19-9-/t12-/m1/s1. The Bertz CT molecular complexity index is 1030. The molecule has 3 heterocycles. The fraction of sp³-hybridized carbons (Fsp3) is 0.238. The normalized spacial score (nSPS) is 21.4. The molecule has 142 valence electrons. The summed E-state index contributed by atoms with van der Waals surface area (Å²) >= 11 is 6.79. The molecule has 2 aromatic rings. The molecule has 3 aliphatic rings. The molecule has 0 spiro atoms. The van der Waals surface area contributed by atoms with Crippen LogP contribution in [0.15, 0.2) is 41.3 Å². The molecule has 0 saturated carbocycles. The van der Waals surface area contributed by atoms with Crippen LogP contribution >= 0.6 is 24.0 Å². The van der Waals surface area contributed by atoms with Gasteiger partial charge in [0.2, 0.25) is 6.79 Å². The lowest BCUT2D eigenvalue weighted by Gasteiger charge is -2.14. The second-order valence-corrected chi connectivity index (χ2v) is 8.63. The van der Waals surface area contributed by atoms with Crippen LogP contribution in [0, 0.1) is 0 Å². The van der Waals surface area contributed by atoms with Crippen molar-refractivity contribution in [2.24, 2.45) is 0 Å². The van der Waals surface area contributed by atoms with Gasteiger partial charge in [-0.05, 0) is 54.0 Å². The maximum Gasteiger partial charge on any atom is 0.266 e. The summed E-state index contributed by atoms with van der Waals surface area (Å²) in [4.78, 5) is 15.2. The zero-order chi connectivity index (χ0) is 19.3. The van der Waals surface area contributed by atoms with E-state index in [1.807, 2.05) is 36.4 Å². The van der Waals surface area contributed by atoms with E-state index in [1.165, 1.54) is 17.3 Å². The second-order valence-electron chi connectivity index (χ2n) is 6.96. The summed E-state index contributed by atoms with van der Waals surface area (Å²) in [5.41, 5.74) is 3.11. The van der Waals surface area contributed by atoms with Crippen LogP contribution < -0.4 is 14.2 Å². The van der Waals surface area contributed by atoms with E-state index in [-0.39, 0.29) is 18.8 Å². The Morgan fingerprint density at radius 1 is 1.18 bits per heavy atom. The van der Waals surface area contributed by atoms with E-state index in [0.29, 0.717) is 21.5 Å². The summed E-state index contributed by atoms with van der Waals surface area (Å²) < 4.78 is 17.1. The predicted octanol–water partition coefficient (Wildman–Crippen LogP) is 4.14. The van der Waals surface area contributed by atoms with E-state index in [1.54, 1.807) is 4.90 Å². The third-order valence-corrected chi connectivity index (χ3v) is 6.25. The zero-order valence-corrected chi connectivity index (χ0v) is 16.8. The number of carbonyl (C=O) groups is 1. The topological polar surface area (TPSA) is 48.0 Å². The highest BCUT2D eigenvalue weighted by atomic mass is 32.2. The average Bonchev–Trinajstić information content (AvgIpc) is 3.34. The Kier molecular flexibility index (Phi) is 4.29. The van der Waals surface area contributed by atoms with Gasteiger partial charge in [-0.1, -0.05) is 36.1 Å². The lowest BCUT2D eigenvalue weighted by atomic mass is 10.1. The maximum atomic E-state index is 12.9. The molecule has 1 saturated heterocycles. The minimum Gasteiger partial charge on any atom is -0.490 e. The lowest BCUT2D eigenvalue weighted by molar-refractivity contribution is -0.122. The fourth-order valence-electron chi connectivity index (χ4n) is 3.54. The monoisotopic (exact) mass is 411 g/mol. The van der Waals surface area contributed by atoms with Crippen molar-refractivity contribution in [2.75, 3.05) is 6.79 Å². The summed E-state index contributed by atoms with van der Waals surface area (Å²) in [6.07, 6.45) is 3.00. The van der Waals surface area contributed by atoms with Crippen molar-refractivity contribution in [3.8, 4) is 17.2 Å². The van der Waals surface area contributed by atoms with Crippen LogP contribution in [0.1, 0.15) is 23.6 Å². The second kappa shape index (κ2) is 6.83. The number of nitrogens with zero attached hydrogens (tertiary/aromatic N) is 1. The summed E-state index contributed by atoms with van der Waals surface area (Å²) in [5.74, 6) is 2.29. The van der Waals surface area contributed by atoms with Crippen molar-refractivity contribution in [1.29, 1.82) is 0 Å². The quantitative estimate of drug-likeness (QED) is 0.559. The Hall–Kier alpha value is -2.51. The van der Waals surface area contributed by atoms with Crippen LogP contribution in [0.4, 0.5) is 0 Å². The molecule has 1 fully saturated rings. The minimum absolute atomic E-state index is 0.0715. The van der Waals surface area contributed by atoms with Gasteiger partial charge in [0.25, 0.3) is 5.91 Å². The van der Waals surface area contributed by atoms with Gasteiger partial charge in [0.15, 0.2) is 11.5 Å². The maximum absolute atomic E-state index is 12.9. The van der Waals surface area contributed by atoms with Gasteiger partial charge in [0, 0.05) is 6.42 Å². The number of rotatable bonds is 3. The molecule has 3 aliphatic heterocycles. The van der Waals surface area contributed by atoms with Crippen LogP contribution in [0.25, 0.3) is 6.08 Å². The Morgan fingerprint density at radius 3 is 2.89 bits per heavy atom. The molecule has 1 atom stereocenters. The van der Waals surface area contributed by atoms with Crippen molar-refractivity contribution in [1.82, 2.24) is 4.90 Å². The van der Waals surface area contributed by atoms with Gasteiger partial charge in [-0.2, -0.15) is 0 Å². The van der Waals surface area contributed by atoms with Crippen molar-refractivity contribution in [3.63, 3.8) is 0 Å². The van der Waals surface area contributed by atoms with Gasteiger partial charge in [0.05, 0.1) is 11.4 Å². The predicted molar refractivity (Wildman–Crippen MR) is 112 cm³/mol. The molecule has 5 nitrogen and oxygen atoms in total. The molecule has 0 aliphatic carbocycles. The van der Waals surface area contributed by atoms with E-state index in [9.17, 15) is 4.79 Å². The first kappa shape index (κ1) is 17.6. The molecule has 0 unspecified atom stereocenters. The van der Waals surface area contributed by atoms with Crippen LogP contribution in [0.2, 0.25) is 0 Å². The van der Waals surface area contributed by atoms with Crippen LogP contribution in [0.5, 0.6) is 17.2 Å². The molecule has 5 rings (SSSR count). The first-order valence-electron chi connectivity index (χ1n) is 9.00. The van der Waals surface area contributed by atoms with Gasteiger partial charge in [-0.3, -0.25) is 9.69 Å². The number of fused-ring (bicyclic) bond motifs is 2. The van der Waals surface area contributed by atoms with Crippen molar-refractivity contribution in [3.05, 3.63) is 58.0 Å². The van der Waals surface area contributed by atoms with Crippen molar-refractivity contribution < 1.29 is 19.0 Å². The van der Waals surface area contributed by atoms with Gasteiger partial charge >= 0.3 is 0 Å². The van der Waals surface area contributed by atoms with Crippen molar-refractivity contribution in [2.45, 2.75) is 26.0 Å². The number of thiocarbonyl (C=S) groups is 1. The average molecular weight is 412 g/mol. The number of hydrogen-bond acceptors (Lipinski definition) is 6. The Morgan fingerprint density at radius 2 is 2.00 bits per heavy atom. The van der Waals surface area contributed by atoms with E-state index in [4.69, 9.17) is 26.4 Å². The largest absolute Gasteiger partial charge is 0.490 e. The number of benzene rings is 2. The van der Waals surface area contributed by atoms with Gasteiger partial charge < -0.3 is 14.2 Å². The summed E-state index contributed by atoms with van der Waals surface area (Å²) in [5, 5.41) is 0. The van der Waals surface area contributed by atoms with E-state index < -0.39 is 0 Å². The van der Waals surface area contributed by atoms with Crippen LogP contribution in [0.3, 0.4) is 0 Å². The molecule has 2 aromatic carbocycles. The third kappa shape index (κ3) is 3.14. The summed E-state index contributed by atoms with van der Waals surface area (Å²) in [6, 6.07) is 11.7. The number of thioether (sulfide) groups is 1. The lowest BCUT2D eigenvalue weighted by Crippen LogP contribution is -2.27. The zero-order valence-electron chi connectivity index (χ0n) is 15.1. The van der Waals surface area contributed by atoms with Crippen LogP contribution in [-0.4, -0.2) is 28.0 Å². The SMILES string of the molecule is C[C@@H]1Cc2cc(/C=C3\SC(=S)N(Cc4ccc5c(c4)OCO5)C3=O)ccc2O1. The van der Waals surface area contributed by atoms with Crippen LogP contribution in [-0.2, 0) is 17.8 Å². The number of amides is 1. The molecular weight excluding hydrogens is 394 g/mol. The fourth-order valence-corrected chi connectivity index (χ4v) is 4.80. The summed E-state index contributed by atoms with van der Waals surface area (Å²) in [6.45, 7) is 2.70. The third-order valence-electron chi connectivity index (χ3n) is 4.87. The highest BCUT2D eigenvalue weighted by molar-refractivity contribution is 8.26. The molecule has 28 heavy (non-hydrogen) atoms. The molecule has 1 amide bonds. The van der Waals surface area contributed by atoms with Gasteiger partial charge in [0.1, 0.15) is 16.2 Å². The first-order valence-corrected chi connectivity index (χ1v) is 10.2. The molecule has 0 N–H and O–H groups in total. The molecule has 0 bridgehead atoms. The number of hydrogen-bond donors (Lipinski definition) is 0. The smallest absolute Gasteiger partial charge is 0.266 e. The molecular formula is C21H17NO4S2. The van der Waals surface area contributed by atoms with Gasteiger partial charge in [-0.25, -0.2) is 0 Å². The summed E-state index contributed by atoms with van der Waals surface area (Å²) in [7, 11) is 0. The number of ether oxygens (including phenoxy) is 3. The molecule has 0 radical (unpaired) electrons. The van der Waals surface area contributed by atoms with E-state index in [0.717, 1.165) is 29.0 Å². The van der Waals surface area contributed by atoms with E-state index >= 15 is 0 Å². The van der Waals surface area contributed by atoms with Crippen molar-refractivity contribution >= 4 is 40.3 Å². The highest BCUT2D eigenvalue weighted by Gasteiger charge is 2.32. The minimum atomic E-state index is -0.0715. The highest BCUT2D eigenvalue weighted by Crippen LogP contribution is 2.37. The van der Waals surface area contributed by atoms with Gasteiger partial charge in [-0.15, -0.1) is 0 Å². The molecule has 0 aromatic heterocycles. The Balaban J connectivity index is 1.36.